The number of ketones is 1. The van der Waals surface area contributed by atoms with Crippen molar-refractivity contribution in [1.82, 2.24) is 10.6 Å². The van der Waals surface area contributed by atoms with Crippen LogP contribution >= 0.6 is 0 Å². The number of methoxy groups -OCH3 is 1. The molecule has 3 rings (SSSR count). The molecule has 0 aromatic heterocycles. The first-order chi connectivity index (χ1) is 11.0. The normalized spacial score (nSPS) is 30.0. The van der Waals surface area contributed by atoms with E-state index >= 15 is 0 Å². The molecule has 1 saturated heterocycles. The molecule has 3 atom stereocenters. The molecule has 1 heterocycles. The smallest absolute Gasteiger partial charge is 0.328 e. The van der Waals surface area contributed by atoms with Crippen LogP contribution in [-0.4, -0.2) is 43.4 Å². The van der Waals surface area contributed by atoms with E-state index in [0.29, 0.717) is 18.3 Å². The number of hydrogen-bond acceptors (Lipinski definition) is 5. The van der Waals surface area contributed by atoms with Crippen molar-refractivity contribution in [2.24, 2.45) is 11.3 Å². The standard InChI is InChI=1S/C17H26N2O4/c1-23-16(22)12(8-11-4-2-5-14(11)20)19-15(21)13-9-17(10-18-13)6-3-7-17/h11-13,18H,2-10H2,1H3,(H,19,21)/t11-,12-,13-/m0/s1. The van der Waals surface area contributed by atoms with Crippen molar-refractivity contribution >= 4 is 17.7 Å². The van der Waals surface area contributed by atoms with Gasteiger partial charge in [-0.05, 0) is 43.9 Å². The molecule has 0 aromatic carbocycles. The van der Waals surface area contributed by atoms with E-state index in [2.05, 4.69) is 10.6 Å². The van der Waals surface area contributed by atoms with Gasteiger partial charge in [-0.15, -0.1) is 0 Å². The molecular formula is C17H26N2O4. The van der Waals surface area contributed by atoms with Crippen LogP contribution < -0.4 is 10.6 Å². The van der Waals surface area contributed by atoms with Gasteiger partial charge in [-0.2, -0.15) is 0 Å². The van der Waals surface area contributed by atoms with Crippen LogP contribution in [0.2, 0.25) is 0 Å². The van der Waals surface area contributed by atoms with Gasteiger partial charge in [-0.3, -0.25) is 9.59 Å². The number of rotatable bonds is 5. The number of Topliss-reactive ketones (excluding diaryl/α,β-unsaturated/α-hetero) is 1. The van der Waals surface area contributed by atoms with Gasteiger partial charge in [0.15, 0.2) is 0 Å². The number of carbonyl (C=O) groups is 3. The van der Waals surface area contributed by atoms with Crippen molar-refractivity contribution in [2.45, 2.75) is 63.5 Å². The van der Waals surface area contributed by atoms with Gasteiger partial charge in [0.05, 0.1) is 13.2 Å². The Morgan fingerprint density at radius 2 is 2.17 bits per heavy atom. The highest BCUT2D eigenvalue weighted by Crippen LogP contribution is 2.47. The quantitative estimate of drug-likeness (QED) is 0.736. The van der Waals surface area contributed by atoms with Crippen molar-refractivity contribution in [3.63, 3.8) is 0 Å². The molecule has 0 unspecified atom stereocenters. The lowest BCUT2D eigenvalue weighted by Gasteiger charge is -2.37. The van der Waals surface area contributed by atoms with Gasteiger partial charge in [0.25, 0.3) is 0 Å². The average molecular weight is 322 g/mol. The number of nitrogens with one attached hydrogen (secondary N) is 2. The van der Waals surface area contributed by atoms with Crippen molar-refractivity contribution < 1.29 is 19.1 Å². The highest BCUT2D eigenvalue weighted by molar-refractivity contribution is 5.89. The van der Waals surface area contributed by atoms with Crippen LogP contribution in [-0.2, 0) is 19.1 Å². The molecule has 2 N–H and O–H groups in total. The summed E-state index contributed by atoms with van der Waals surface area (Å²) in [6, 6.07) is -0.957. The number of hydrogen-bond donors (Lipinski definition) is 2. The monoisotopic (exact) mass is 322 g/mol. The fourth-order valence-electron chi connectivity index (χ4n) is 4.21. The van der Waals surface area contributed by atoms with Crippen LogP contribution in [0.3, 0.4) is 0 Å². The fourth-order valence-corrected chi connectivity index (χ4v) is 4.21. The Labute approximate surface area is 136 Å². The second kappa shape index (κ2) is 6.59. The zero-order chi connectivity index (χ0) is 16.4. The van der Waals surface area contributed by atoms with Crippen LogP contribution in [0.4, 0.5) is 0 Å². The van der Waals surface area contributed by atoms with Crippen LogP contribution in [0.25, 0.3) is 0 Å². The van der Waals surface area contributed by atoms with Gasteiger partial charge in [0.2, 0.25) is 5.91 Å². The SMILES string of the molecule is COC(=O)[C@H](C[C@@H]1CCCC1=O)NC(=O)[C@@H]1CC2(CCC2)CN1. The molecule has 0 aromatic rings. The molecule has 3 fully saturated rings. The Balaban J connectivity index is 1.58. The molecule has 2 aliphatic carbocycles. The maximum Gasteiger partial charge on any atom is 0.328 e. The number of ether oxygens (including phenoxy) is 1. The molecule has 6 heteroatoms. The van der Waals surface area contributed by atoms with Crippen molar-refractivity contribution in [3.05, 3.63) is 0 Å². The molecule has 1 aliphatic heterocycles. The number of amides is 1. The summed E-state index contributed by atoms with van der Waals surface area (Å²) in [6.45, 7) is 0.884. The van der Waals surface area contributed by atoms with E-state index in [1.807, 2.05) is 0 Å². The first-order valence-corrected chi connectivity index (χ1v) is 8.67. The molecule has 3 aliphatic rings. The van der Waals surface area contributed by atoms with E-state index in [9.17, 15) is 14.4 Å². The van der Waals surface area contributed by atoms with E-state index in [1.54, 1.807) is 0 Å². The molecule has 2 saturated carbocycles. The summed E-state index contributed by atoms with van der Waals surface area (Å²) in [4.78, 5) is 36.3. The second-order valence-electron chi connectivity index (χ2n) is 7.37. The molecule has 0 radical (unpaired) electrons. The molecule has 6 nitrogen and oxygen atoms in total. The van der Waals surface area contributed by atoms with Gasteiger partial charge < -0.3 is 15.4 Å². The van der Waals surface area contributed by atoms with Crippen molar-refractivity contribution in [3.8, 4) is 0 Å². The minimum atomic E-state index is -0.723. The summed E-state index contributed by atoms with van der Waals surface area (Å²) >= 11 is 0. The number of esters is 1. The average Bonchev–Trinajstić information content (AvgIpc) is 3.12. The lowest BCUT2D eigenvalue weighted by molar-refractivity contribution is -0.146. The zero-order valence-electron chi connectivity index (χ0n) is 13.7. The third kappa shape index (κ3) is 3.42. The Hall–Kier alpha value is -1.43. The lowest BCUT2D eigenvalue weighted by atomic mass is 9.67. The van der Waals surface area contributed by atoms with E-state index < -0.39 is 12.0 Å². The number of carbonyl (C=O) groups excluding carboxylic acids is 3. The third-order valence-corrected chi connectivity index (χ3v) is 5.84. The summed E-state index contributed by atoms with van der Waals surface area (Å²) in [5, 5.41) is 6.10. The van der Waals surface area contributed by atoms with Gasteiger partial charge in [0, 0.05) is 18.9 Å². The molecule has 1 spiro atoms. The predicted octanol–water partition coefficient (Wildman–Crippen LogP) is 0.936. The topological polar surface area (TPSA) is 84.5 Å². The van der Waals surface area contributed by atoms with E-state index in [4.69, 9.17) is 4.74 Å². The van der Waals surface area contributed by atoms with Gasteiger partial charge >= 0.3 is 5.97 Å². The van der Waals surface area contributed by atoms with Crippen molar-refractivity contribution in [2.75, 3.05) is 13.7 Å². The summed E-state index contributed by atoms with van der Waals surface area (Å²) in [7, 11) is 1.31. The lowest BCUT2D eigenvalue weighted by Crippen LogP contribution is -2.49. The Kier molecular flexibility index (Phi) is 4.71. The van der Waals surface area contributed by atoms with E-state index in [1.165, 1.54) is 26.4 Å². The first kappa shape index (κ1) is 16.4. The summed E-state index contributed by atoms with van der Waals surface area (Å²) in [5.74, 6) is -0.543. The maximum absolute atomic E-state index is 12.5. The molecule has 128 valence electrons. The van der Waals surface area contributed by atoms with Crippen LogP contribution in [0.1, 0.15) is 51.4 Å². The summed E-state index contributed by atoms with van der Waals surface area (Å²) < 4.78 is 4.81. The van der Waals surface area contributed by atoms with Gasteiger partial charge in [-0.1, -0.05) is 6.42 Å². The minimum absolute atomic E-state index is 0.131. The third-order valence-electron chi connectivity index (χ3n) is 5.84. The maximum atomic E-state index is 12.5. The molecule has 0 bridgehead atoms. The highest BCUT2D eigenvalue weighted by atomic mass is 16.5. The van der Waals surface area contributed by atoms with Crippen LogP contribution in [0.5, 0.6) is 0 Å². The van der Waals surface area contributed by atoms with Crippen LogP contribution in [0, 0.1) is 11.3 Å². The predicted molar refractivity (Wildman–Crippen MR) is 83.6 cm³/mol. The van der Waals surface area contributed by atoms with Crippen molar-refractivity contribution in [1.29, 1.82) is 0 Å². The highest BCUT2D eigenvalue weighted by Gasteiger charge is 2.46. The molecular weight excluding hydrogens is 296 g/mol. The minimum Gasteiger partial charge on any atom is -0.467 e. The van der Waals surface area contributed by atoms with Gasteiger partial charge in [0.1, 0.15) is 11.8 Å². The molecule has 1 amide bonds. The second-order valence-corrected chi connectivity index (χ2v) is 7.37. The van der Waals surface area contributed by atoms with E-state index in [0.717, 1.165) is 25.8 Å². The first-order valence-electron chi connectivity index (χ1n) is 8.67. The Morgan fingerprint density at radius 1 is 1.39 bits per heavy atom. The zero-order valence-corrected chi connectivity index (χ0v) is 13.7. The van der Waals surface area contributed by atoms with Crippen LogP contribution in [0.15, 0.2) is 0 Å². The van der Waals surface area contributed by atoms with E-state index in [-0.39, 0.29) is 23.7 Å². The molecule has 23 heavy (non-hydrogen) atoms. The Morgan fingerprint density at radius 3 is 2.70 bits per heavy atom. The largest absolute Gasteiger partial charge is 0.467 e. The van der Waals surface area contributed by atoms with Gasteiger partial charge in [-0.25, -0.2) is 4.79 Å². The Bertz CT molecular complexity index is 501. The summed E-state index contributed by atoms with van der Waals surface area (Å²) in [6.07, 6.45) is 7.06. The fraction of sp³-hybridized carbons (Fsp3) is 0.824. The summed E-state index contributed by atoms with van der Waals surface area (Å²) in [5.41, 5.74) is 0.296.